The van der Waals surface area contributed by atoms with Crippen LogP contribution in [0.1, 0.15) is 30.5 Å². The van der Waals surface area contributed by atoms with Gasteiger partial charge in [0, 0.05) is 13.2 Å². The van der Waals surface area contributed by atoms with Gasteiger partial charge in [-0.1, -0.05) is 12.1 Å². The molecule has 1 unspecified atom stereocenters. The maximum Gasteiger partial charge on any atom is 0.416 e. The SMILES string of the molecule is CCOCCCNC(C#N)c1ccc(C(F)(F)F)cc1. The van der Waals surface area contributed by atoms with Crippen LogP contribution in [0.15, 0.2) is 24.3 Å². The van der Waals surface area contributed by atoms with E-state index in [2.05, 4.69) is 5.32 Å². The maximum atomic E-state index is 12.4. The summed E-state index contributed by atoms with van der Waals surface area (Å²) in [5, 5.41) is 12.0. The van der Waals surface area contributed by atoms with Crippen molar-refractivity contribution in [2.45, 2.75) is 25.6 Å². The van der Waals surface area contributed by atoms with Gasteiger partial charge in [-0.15, -0.1) is 0 Å². The average molecular weight is 286 g/mol. The highest BCUT2D eigenvalue weighted by molar-refractivity contribution is 5.29. The van der Waals surface area contributed by atoms with Crippen molar-refractivity contribution in [2.75, 3.05) is 19.8 Å². The number of hydrogen-bond acceptors (Lipinski definition) is 3. The molecule has 0 aliphatic rings. The van der Waals surface area contributed by atoms with E-state index in [1.54, 1.807) is 0 Å². The molecule has 1 atom stereocenters. The Hall–Kier alpha value is -1.58. The minimum absolute atomic E-state index is 0.525. The Morgan fingerprint density at radius 1 is 1.30 bits per heavy atom. The van der Waals surface area contributed by atoms with Crippen LogP contribution < -0.4 is 5.32 Å². The van der Waals surface area contributed by atoms with Gasteiger partial charge in [-0.05, 0) is 37.6 Å². The van der Waals surface area contributed by atoms with E-state index in [4.69, 9.17) is 10.00 Å². The molecule has 0 fully saturated rings. The average Bonchev–Trinajstić information content (AvgIpc) is 2.42. The van der Waals surface area contributed by atoms with Gasteiger partial charge in [0.2, 0.25) is 0 Å². The highest BCUT2D eigenvalue weighted by Crippen LogP contribution is 2.29. The van der Waals surface area contributed by atoms with E-state index in [9.17, 15) is 13.2 Å². The number of nitriles is 1. The number of ether oxygens (including phenoxy) is 1. The summed E-state index contributed by atoms with van der Waals surface area (Å²) in [6.45, 7) is 3.70. The summed E-state index contributed by atoms with van der Waals surface area (Å²) in [5.41, 5.74) is -0.189. The number of rotatable bonds is 7. The predicted molar refractivity (Wildman–Crippen MR) is 68.9 cm³/mol. The molecule has 0 radical (unpaired) electrons. The largest absolute Gasteiger partial charge is 0.416 e. The second-order valence-corrected chi connectivity index (χ2v) is 4.19. The van der Waals surface area contributed by atoms with Gasteiger partial charge in [-0.25, -0.2) is 0 Å². The third-order valence-electron chi connectivity index (χ3n) is 2.72. The lowest BCUT2D eigenvalue weighted by Crippen LogP contribution is -2.22. The molecule has 6 heteroatoms. The Labute approximate surface area is 116 Å². The number of benzene rings is 1. The summed E-state index contributed by atoms with van der Waals surface area (Å²) >= 11 is 0. The molecule has 1 aromatic carbocycles. The van der Waals surface area contributed by atoms with Crippen molar-refractivity contribution in [1.82, 2.24) is 5.32 Å². The van der Waals surface area contributed by atoms with Gasteiger partial charge in [0.15, 0.2) is 0 Å². The summed E-state index contributed by atoms with van der Waals surface area (Å²) in [6.07, 6.45) is -3.61. The van der Waals surface area contributed by atoms with E-state index in [0.29, 0.717) is 25.3 Å². The molecule has 110 valence electrons. The van der Waals surface area contributed by atoms with Crippen molar-refractivity contribution in [1.29, 1.82) is 5.26 Å². The summed E-state index contributed by atoms with van der Waals surface area (Å²) < 4.78 is 42.4. The van der Waals surface area contributed by atoms with Gasteiger partial charge in [-0.2, -0.15) is 18.4 Å². The molecule has 1 aromatic rings. The number of nitrogens with one attached hydrogen (secondary N) is 1. The molecule has 1 N–H and O–H groups in total. The van der Waals surface area contributed by atoms with Gasteiger partial charge in [0.1, 0.15) is 6.04 Å². The van der Waals surface area contributed by atoms with Crippen LogP contribution in [0, 0.1) is 11.3 Å². The molecule has 1 rings (SSSR count). The van der Waals surface area contributed by atoms with Crippen LogP contribution in [0.5, 0.6) is 0 Å². The maximum absolute atomic E-state index is 12.4. The molecule has 0 aliphatic carbocycles. The van der Waals surface area contributed by atoms with E-state index >= 15 is 0 Å². The van der Waals surface area contributed by atoms with E-state index in [1.807, 2.05) is 13.0 Å². The Bertz CT molecular complexity index is 437. The quantitative estimate of drug-likeness (QED) is 0.782. The first-order valence-electron chi connectivity index (χ1n) is 6.37. The molecule has 0 bridgehead atoms. The molecule has 0 aliphatic heterocycles. The first-order chi connectivity index (χ1) is 9.49. The fourth-order valence-electron chi connectivity index (χ4n) is 1.67. The van der Waals surface area contributed by atoms with Gasteiger partial charge >= 0.3 is 6.18 Å². The van der Waals surface area contributed by atoms with Crippen LogP contribution in [0.3, 0.4) is 0 Å². The van der Waals surface area contributed by atoms with Crippen molar-refractivity contribution < 1.29 is 17.9 Å². The predicted octanol–water partition coefficient (Wildman–Crippen LogP) is 3.29. The number of alkyl halides is 3. The van der Waals surface area contributed by atoms with Crippen LogP contribution in [-0.4, -0.2) is 19.8 Å². The van der Waals surface area contributed by atoms with Gasteiger partial charge in [-0.3, -0.25) is 5.32 Å². The first kappa shape index (κ1) is 16.5. The normalized spacial score (nSPS) is 12.9. The standard InChI is InChI=1S/C14H17F3N2O/c1-2-20-9-3-8-19-13(10-18)11-4-6-12(7-5-11)14(15,16)17/h4-7,13,19H,2-3,8-9H2,1H3. The summed E-state index contributed by atoms with van der Waals surface area (Å²) in [7, 11) is 0. The molecule has 0 amide bonds. The number of halogens is 3. The highest BCUT2D eigenvalue weighted by Gasteiger charge is 2.30. The lowest BCUT2D eigenvalue weighted by atomic mass is 10.1. The fourth-order valence-corrected chi connectivity index (χ4v) is 1.67. The topological polar surface area (TPSA) is 45.0 Å². The zero-order chi connectivity index (χ0) is 15.0. The van der Waals surface area contributed by atoms with E-state index in [-0.39, 0.29) is 0 Å². The Balaban J connectivity index is 2.56. The van der Waals surface area contributed by atoms with E-state index in [1.165, 1.54) is 12.1 Å². The zero-order valence-electron chi connectivity index (χ0n) is 11.2. The molecular weight excluding hydrogens is 269 g/mol. The summed E-state index contributed by atoms with van der Waals surface area (Å²) in [6, 6.07) is 6.05. The minimum Gasteiger partial charge on any atom is -0.382 e. The lowest BCUT2D eigenvalue weighted by molar-refractivity contribution is -0.137. The second kappa shape index (κ2) is 7.88. The third kappa shape index (κ3) is 5.19. The molecule has 0 aromatic heterocycles. The van der Waals surface area contributed by atoms with Crippen LogP contribution in [-0.2, 0) is 10.9 Å². The van der Waals surface area contributed by atoms with Crippen molar-refractivity contribution in [3.8, 4) is 6.07 Å². The molecule has 0 saturated heterocycles. The summed E-state index contributed by atoms with van der Waals surface area (Å²) in [4.78, 5) is 0. The van der Waals surface area contributed by atoms with Gasteiger partial charge < -0.3 is 4.74 Å². The van der Waals surface area contributed by atoms with Crippen molar-refractivity contribution in [2.24, 2.45) is 0 Å². The molecule has 20 heavy (non-hydrogen) atoms. The van der Waals surface area contributed by atoms with Gasteiger partial charge in [0.05, 0.1) is 11.6 Å². The van der Waals surface area contributed by atoms with Crippen molar-refractivity contribution in [3.05, 3.63) is 35.4 Å². The third-order valence-corrected chi connectivity index (χ3v) is 2.72. The Morgan fingerprint density at radius 3 is 2.45 bits per heavy atom. The van der Waals surface area contributed by atoms with Crippen LogP contribution in [0.4, 0.5) is 13.2 Å². The Kier molecular flexibility index (Phi) is 6.49. The first-order valence-corrected chi connectivity index (χ1v) is 6.37. The monoisotopic (exact) mass is 286 g/mol. The number of hydrogen-bond donors (Lipinski definition) is 1. The zero-order valence-corrected chi connectivity index (χ0v) is 11.2. The molecule has 0 heterocycles. The minimum atomic E-state index is -4.36. The molecular formula is C14H17F3N2O. The van der Waals surface area contributed by atoms with E-state index in [0.717, 1.165) is 18.6 Å². The smallest absolute Gasteiger partial charge is 0.382 e. The fraction of sp³-hybridized carbons (Fsp3) is 0.500. The lowest BCUT2D eigenvalue weighted by Gasteiger charge is -2.13. The molecule has 0 saturated carbocycles. The highest BCUT2D eigenvalue weighted by atomic mass is 19.4. The second-order valence-electron chi connectivity index (χ2n) is 4.19. The van der Waals surface area contributed by atoms with Crippen molar-refractivity contribution >= 4 is 0 Å². The van der Waals surface area contributed by atoms with Crippen LogP contribution in [0.2, 0.25) is 0 Å². The van der Waals surface area contributed by atoms with Crippen LogP contribution >= 0.6 is 0 Å². The summed E-state index contributed by atoms with van der Waals surface area (Å²) in [5.74, 6) is 0. The van der Waals surface area contributed by atoms with Crippen molar-refractivity contribution in [3.63, 3.8) is 0 Å². The number of nitrogens with zero attached hydrogens (tertiary/aromatic N) is 1. The molecule has 3 nitrogen and oxygen atoms in total. The van der Waals surface area contributed by atoms with Gasteiger partial charge in [0.25, 0.3) is 0 Å². The molecule has 0 spiro atoms. The van der Waals surface area contributed by atoms with E-state index < -0.39 is 17.8 Å². The Morgan fingerprint density at radius 2 is 1.95 bits per heavy atom. The van der Waals surface area contributed by atoms with Crippen LogP contribution in [0.25, 0.3) is 0 Å².